The topological polar surface area (TPSA) is 64.8 Å². The van der Waals surface area contributed by atoms with E-state index in [0.717, 1.165) is 45.9 Å². The van der Waals surface area contributed by atoms with E-state index in [1.165, 1.54) is 0 Å². The molecule has 2 aromatic rings. The molecule has 0 spiro atoms. The highest BCUT2D eigenvalue weighted by molar-refractivity contribution is 5.54. The molecule has 0 saturated carbocycles. The van der Waals surface area contributed by atoms with Gasteiger partial charge in [0.2, 0.25) is 0 Å². The number of nitriles is 1. The van der Waals surface area contributed by atoms with Crippen molar-refractivity contribution >= 4 is 18.0 Å². The quantitative estimate of drug-likeness (QED) is 0.806. The lowest BCUT2D eigenvalue weighted by molar-refractivity contribution is 0.436. The number of rotatable bonds is 7. The van der Waals surface area contributed by atoms with Crippen molar-refractivity contribution in [2.75, 3.05) is 18.9 Å². The molecule has 1 N–H and O–H groups in total. The van der Waals surface area contributed by atoms with Crippen LogP contribution in [-0.2, 0) is 6.54 Å². The first kappa shape index (κ1) is 21.2. The Balaban J connectivity index is 2.46. The molecule has 5 heteroatoms. The van der Waals surface area contributed by atoms with Crippen LogP contribution in [0, 0.1) is 25.2 Å². The van der Waals surface area contributed by atoms with Gasteiger partial charge in [0.05, 0.1) is 17.3 Å². The lowest BCUT2D eigenvalue weighted by Gasteiger charge is -2.18. The standard InChI is InChI=1S/C23H29N5/c1-7-12-28(6)16(3)13-22-21(8-2)18(5)26-27-23(22)25-15-20-11-9-10-19(14-24)17(20)4/h8-11,13H,3,7,12,15H2,1-2,4-6H3,(H,25,27)/b21-8-,22-13+. The minimum absolute atomic E-state index is 0.570. The molecule has 2 rings (SSSR count). The van der Waals surface area contributed by atoms with Crippen molar-refractivity contribution in [1.29, 1.82) is 5.26 Å². The summed E-state index contributed by atoms with van der Waals surface area (Å²) >= 11 is 0. The third-order valence-corrected chi connectivity index (χ3v) is 4.90. The zero-order valence-electron chi connectivity index (χ0n) is 17.5. The average molecular weight is 376 g/mol. The second-order valence-corrected chi connectivity index (χ2v) is 6.86. The molecule has 0 radical (unpaired) electrons. The first-order valence-electron chi connectivity index (χ1n) is 9.56. The summed E-state index contributed by atoms with van der Waals surface area (Å²) in [5.41, 5.74) is 4.56. The van der Waals surface area contributed by atoms with Gasteiger partial charge >= 0.3 is 0 Å². The molecule has 0 aliphatic carbocycles. The van der Waals surface area contributed by atoms with Crippen molar-refractivity contribution in [3.8, 4) is 6.07 Å². The molecule has 0 unspecified atom stereocenters. The summed E-state index contributed by atoms with van der Waals surface area (Å²) in [6.45, 7) is 13.8. The minimum Gasteiger partial charge on any atom is -0.375 e. The summed E-state index contributed by atoms with van der Waals surface area (Å²) < 4.78 is 0. The maximum atomic E-state index is 9.25. The van der Waals surface area contributed by atoms with E-state index in [1.807, 2.05) is 46.0 Å². The number of aryl methyl sites for hydroxylation is 1. The van der Waals surface area contributed by atoms with Gasteiger partial charge in [-0.1, -0.05) is 31.7 Å². The zero-order valence-corrected chi connectivity index (χ0v) is 17.5. The average Bonchev–Trinajstić information content (AvgIpc) is 2.68. The van der Waals surface area contributed by atoms with Crippen LogP contribution >= 0.6 is 0 Å². The van der Waals surface area contributed by atoms with Crippen molar-refractivity contribution in [3.05, 3.63) is 63.3 Å². The molecule has 1 heterocycles. The van der Waals surface area contributed by atoms with E-state index in [-0.39, 0.29) is 0 Å². The maximum absolute atomic E-state index is 9.25. The zero-order chi connectivity index (χ0) is 20.7. The Morgan fingerprint density at radius 3 is 2.68 bits per heavy atom. The van der Waals surface area contributed by atoms with Crippen LogP contribution in [0.5, 0.6) is 0 Å². The summed E-state index contributed by atoms with van der Waals surface area (Å²) in [5.74, 6) is 0.714. The number of nitrogens with zero attached hydrogens (tertiary/aromatic N) is 4. The molecule has 0 atom stereocenters. The second-order valence-electron chi connectivity index (χ2n) is 6.86. The molecule has 1 aromatic carbocycles. The highest BCUT2D eigenvalue weighted by atomic mass is 15.2. The third-order valence-electron chi connectivity index (χ3n) is 4.90. The summed E-state index contributed by atoms with van der Waals surface area (Å²) in [6, 6.07) is 8.00. The Kier molecular flexibility index (Phi) is 7.34. The lowest BCUT2D eigenvalue weighted by Crippen LogP contribution is -2.34. The summed E-state index contributed by atoms with van der Waals surface area (Å²) in [5, 5.41) is 23.4. The SMILES string of the molecule is C=C(/C=c1/c(NCc2cccc(C#N)c2C)nnc(C)/c1=C/C)N(C)CCC. The van der Waals surface area contributed by atoms with Gasteiger partial charge in [-0.25, -0.2) is 0 Å². The van der Waals surface area contributed by atoms with E-state index >= 15 is 0 Å². The Morgan fingerprint density at radius 1 is 1.29 bits per heavy atom. The van der Waals surface area contributed by atoms with Crippen molar-refractivity contribution in [2.45, 2.75) is 40.7 Å². The Bertz CT molecular complexity index is 1010. The van der Waals surface area contributed by atoms with Crippen molar-refractivity contribution in [1.82, 2.24) is 15.1 Å². The largest absolute Gasteiger partial charge is 0.375 e. The summed E-state index contributed by atoms with van der Waals surface area (Å²) in [7, 11) is 2.04. The first-order valence-corrected chi connectivity index (χ1v) is 9.56. The number of hydrogen-bond acceptors (Lipinski definition) is 5. The molecule has 0 aliphatic rings. The summed E-state index contributed by atoms with van der Waals surface area (Å²) in [4.78, 5) is 2.14. The van der Waals surface area contributed by atoms with Gasteiger partial charge in [0.1, 0.15) is 0 Å². The van der Waals surface area contributed by atoms with E-state index in [4.69, 9.17) is 0 Å². The fraction of sp³-hybridized carbons (Fsp3) is 0.348. The molecule has 1 aromatic heterocycles. The van der Waals surface area contributed by atoms with Gasteiger partial charge in [-0.3, -0.25) is 0 Å². The smallest absolute Gasteiger partial charge is 0.156 e. The Labute approximate surface area is 167 Å². The molecule has 0 fully saturated rings. The molecule has 0 amide bonds. The van der Waals surface area contributed by atoms with Gasteiger partial charge in [0.15, 0.2) is 5.82 Å². The van der Waals surface area contributed by atoms with E-state index in [9.17, 15) is 5.26 Å². The number of allylic oxidation sites excluding steroid dienone is 1. The predicted octanol–water partition coefficient (Wildman–Crippen LogP) is 3.01. The van der Waals surface area contributed by atoms with Gasteiger partial charge in [-0.05, 0) is 50.5 Å². The Morgan fingerprint density at radius 2 is 2.04 bits per heavy atom. The van der Waals surface area contributed by atoms with Crippen molar-refractivity contribution in [2.24, 2.45) is 0 Å². The van der Waals surface area contributed by atoms with Gasteiger partial charge in [0.25, 0.3) is 0 Å². The van der Waals surface area contributed by atoms with Crippen LogP contribution in [0.15, 0.2) is 30.5 Å². The Hall–Kier alpha value is -3.13. The van der Waals surface area contributed by atoms with Crippen LogP contribution < -0.4 is 15.8 Å². The highest BCUT2D eigenvalue weighted by Crippen LogP contribution is 2.13. The van der Waals surface area contributed by atoms with Crippen molar-refractivity contribution in [3.63, 3.8) is 0 Å². The predicted molar refractivity (Wildman–Crippen MR) is 116 cm³/mol. The molecule has 5 nitrogen and oxygen atoms in total. The molecule has 146 valence electrons. The van der Waals surface area contributed by atoms with Crippen LogP contribution in [-0.4, -0.2) is 28.7 Å². The number of nitrogens with one attached hydrogen (secondary N) is 1. The van der Waals surface area contributed by atoms with E-state index in [0.29, 0.717) is 17.9 Å². The molecule has 28 heavy (non-hydrogen) atoms. The lowest BCUT2D eigenvalue weighted by atomic mass is 10.0. The second kappa shape index (κ2) is 9.70. The molecular formula is C23H29N5. The fourth-order valence-corrected chi connectivity index (χ4v) is 3.13. The van der Waals surface area contributed by atoms with E-state index < -0.39 is 0 Å². The minimum atomic E-state index is 0.570. The van der Waals surface area contributed by atoms with Crippen LogP contribution in [0.1, 0.15) is 42.7 Å². The van der Waals surface area contributed by atoms with Gasteiger partial charge in [-0.2, -0.15) is 10.4 Å². The van der Waals surface area contributed by atoms with E-state index in [2.05, 4.69) is 52.1 Å². The normalized spacial score (nSPS) is 12.0. The van der Waals surface area contributed by atoms with Gasteiger partial charge in [-0.15, -0.1) is 5.10 Å². The number of anilines is 1. The van der Waals surface area contributed by atoms with Crippen LogP contribution in [0.25, 0.3) is 12.2 Å². The molecule has 0 aliphatic heterocycles. The van der Waals surface area contributed by atoms with Gasteiger partial charge < -0.3 is 10.2 Å². The fourth-order valence-electron chi connectivity index (χ4n) is 3.13. The number of aromatic nitrogens is 2. The number of hydrogen-bond donors (Lipinski definition) is 1. The molecule has 0 bridgehead atoms. The van der Waals surface area contributed by atoms with Crippen molar-refractivity contribution < 1.29 is 0 Å². The van der Waals surface area contributed by atoms with Crippen LogP contribution in [0.2, 0.25) is 0 Å². The summed E-state index contributed by atoms with van der Waals surface area (Å²) in [6.07, 6.45) is 5.17. The van der Waals surface area contributed by atoms with Gasteiger partial charge in [0, 0.05) is 36.3 Å². The third kappa shape index (κ3) is 4.77. The monoisotopic (exact) mass is 375 g/mol. The maximum Gasteiger partial charge on any atom is 0.156 e. The number of benzene rings is 1. The molecular weight excluding hydrogens is 346 g/mol. The van der Waals surface area contributed by atoms with Crippen LogP contribution in [0.4, 0.5) is 5.82 Å². The first-order chi connectivity index (χ1) is 13.4. The highest BCUT2D eigenvalue weighted by Gasteiger charge is 2.08. The van der Waals surface area contributed by atoms with Crippen LogP contribution in [0.3, 0.4) is 0 Å². The van der Waals surface area contributed by atoms with E-state index in [1.54, 1.807) is 0 Å². The molecule has 0 saturated heterocycles.